The molecule has 1 aromatic carbocycles. The number of hydrogen-bond acceptors (Lipinski definition) is 6. The summed E-state index contributed by atoms with van der Waals surface area (Å²) in [5.74, 6) is 0.774. The Hall–Kier alpha value is -2.19. The molecule has 26 heavy (non-hydrogen) atoms. The van der Waals surface area contributed by atoms with E-state index in [4.69, 9.17) is 16.3 Å². The van der Waals surface area contributed by atoms with Crippen molar-refractivity contribution in [3.8, 4) is 0 Å². The molecule has 8 nitrogen and oxygen atoms in total. The molecule has 3 heterocycles. The van der Waals surface area contributed by atoms with Crippen LogP contribution in [0.5, 0.6) is 0 Å². The number of ether oxygens (including phenoxy) is 1. The second kappa shape index (κ2) is 7.59. The molecule has 0 radical (unpaired) electrons. The SMILES string of the molecule is O=C(c1cccc(Cl)c1)N1CCCN(c2nnnn2C2CCOC2)CC1. The van der Waals surface area contributed by atoms with Gasteiger partial charge in [0.25, 0.3) is 5.91 Å². The Balaban J connectivity index is 1.45. The minimum atomic E-state index is 0.0122. The molecule has 2 saturated heterocycles. The number of rotatable bonds is 3. The predicted octanol–water partition coefficient (Wildman–Crippen LogP) is 1.64. The van der Waals surface area contributed by atoms with E-state index in [9.17, 15) is 4.79 Å². The van der Waals surface area contributed by atoms with Crippen LogP contribution in [0.15, 0.2) is 24.3 Å². The van der Waals surface area contributed by atoms with E-state index in [1.807, 2.05) is 9.58 Å². The van der Waals surface area contributed by atoms with Gasteiger partial charge in [-0.1, -0.05) is 22.8 Å². The molecule has 1 amide bonds. The van der Waals surface area contributed by atoms with Crippen LogP contribution in [0.2, 0.25) is 5.02 Å². The van der Waals surface area contributed by atoms with E-state index in [1.54, 1.807) is 24.3 Å². The third-order valence-corrected chi connectivity index (χ3v) is 5.10. The lowest BCUT2D eigenvalue weighted by Crippen LogP contribution is -2.36. The molecule has 2 aliphatic rings. The molecule has 0 saturated carbocycles. The fourth-order valence-electron chi connectivity index (χ4n) is 3.47. The summed E-state index contributed by atoms with van der Waals surface area (Å²) in [7, 11) is 0. The predicted molar refractivity (Wildman–Crippen MR) is 96.5 cm³/mol. The Morgan fingerprint density at radius 2 is 2.15 bits per heavy atom. The first-order valence-corrected chi connectivity index (χ1v) is 9.25. The van der Waals surface area contributed by atoms with Crippen LogP contribution in [-0.4, -0.2) is 70.4 Å². The van der Waals surface area contributed by atoms with Crippen molar-refractivity contribution >= 4 is 23.5 Å². The number of benzene rings is 1. The Bertz CT molecular complexity index is 776. The first kappa shape index (κ1) is 17.2. The summed E-state index contributed by atoms with van der Waals surface area (Å²) < 4.78 is 7.32. The van der Waals surface area contributed by atoms with E-state index in [0.717, 1.165) is 31.9 Å². The minimum absolute atomic E-state index is 0.0122. The lowest BCUT2D eigenvalue weighted by molar-refractivity contribution is 0.0767. The molecule has 1 aromatic heterocycles. The van der Waals surface area contributed by atoms with Crippen LogP contribution in [0.25, 0.3) is 0 Å². The Labute approximate surface area is 156 Å². The van der Waals surface area contributed by atoms with Crippen molar-refractivity contribution in [2.75, 3.05) is 44.3 Å². The Kier molecular flexibility index (Phi) is 5.03. The summed E-state index contributed by atoms with van der Waals surface area (Å²) in [6.45, 7) is 4.22. The van der Waals surface area contributed by atoms with Gasteiger partial charge in [-0.05, 0) is 41.5 Å². The van der Waals surface area contributed by atoms with Gasteiger partial charge in [-0.25, -0.2) is 4.68 Å². The summed E-state index contributed by atoms with van der Waals surface area (Å²) >= 11 is 6.02. The molecule has 1 atom stereocenters. The molecule has 2 aromatic rings. The van der Waals surface area contributed by atoms with Crippen molar-refractivity contribution in [3.63, 3.8) is 0 Å². The number of hydrogen-bond donors (Lipinski definition) is 0. The van der Waals surface area contributed by atoms with Gasteiger partial charge in [-0.15, -0.1) is 0 Å². The smallest absolute Gasteiger partial charge is 0.253 e. The van der Waals surface area contributed by atoms with Gasteiger partial charge in [0, 0.05) is 43.4 Å². The van der Waals surface area contributed by atoms with Crippen LogP contribution >= 0.6 is 11.6 Å². The molecule has 9 heteroatoms. The first-order valence-electron chi connectivity index (χ1n) is 8.88. The van der Waals surface area contributed by atoms with Crippen LogP contribution in [0.4, 0.5) is 5.95 Å². The second-order valence-electron chi connectivity index (χ2n) is 6.58. The summed E-state index contributed by atoms with van der Waals surface area (Å²) in [6.07, 6.45) is 1.78. The van der Waals surface area contributed by atoms with Crippen LogP contribution in [0.3, 0.4) is 0 Å². The number of nitrogens with zero attached hydrogens (tertiary/aromatic N) is 6. The highest BCUT2D eigenvalue weighted by atomic mass is 35.5. The average molecular weight is 377 g/mol. The van der Waals surface area contributed by atoms with Crippen molar-refractivity contribution in [2.24, 2.45) is 0 Å². The van der Waals surface area contributed by atoms with E-state index < -0.39 is 0 Å². The number of amides is 1. The second-order valence-corrected chi connectivity index (χ2v) is 7.02. The number of aromatic nitrogens is 4. The molecule has 0 spiro atoms. The third kappa shape index (κ3) is 3.52. The highest BCUT2D eigenvalue weighted by Gasteiger charge is 2.27. The maximum atomic E-state index is 12.8. The molecular weight excluding hydrogens is 356 g/mol. The van der Waals surface area contributed by atoms with Crippen LogP contribution < -0.4 is 4.90 Å². The lowest BCUT2D eigenvalue weighted by atomic mass is 10.2. The molecule has 4 rings (SSSR count). The molecule has 1 unspecified atom stereocenters. The molecule has 0 aliphatic carbocycles. The van der Waals surface area contributed by atoms with Crippen molar-refractivity contribution < 1.29 is 9.53 Å². The topological polar surface area (TPSA) is 76.4 Å². The van der Waals surface area contributed by atoms with E-state index in [2.05, 4.69) is 20.4 Å². The number of tetrazole rings is 1. The first-order chi connectivity index (χ1) is 12.7. The van der Waals surface area contributed by atoms with Crippen molar-refractivity contribution in [1.29, 1.82) is 0 Å². The highest BCUT2D eigenvalue weighted by molar-refractivity contribution is 6.30. The van der Waals surface area contributed by atoms with E-state index >= 15 is 0 Å². The van der Waals surface area contributed by atoms with Crippen LogP contribution in [0, 0.1) is 0 Å². The molecule has 0 N–H and O–H groups in total. The number of anilines is 1. The van der Waals surface area contributed by atoms with Gasteiger partial charge in [0.05, 0.1) is 12.6 Å². The lowest BCUT2D eigenvalue weighted by Gasteiger charge is -2.23. The van der Waals surface area contributed by atoms with Gasteiger partial charge in [-0.2, -0.15) is 0 Å². The molecule has 138 valence electrons. The average Bonchev–Trinajstić information content (AvgIpc) is 3.28. The fraction of sp³-hybridized carbons (Fsp3) is 0.529. The zero-order chi connectivity index (χ0) is 17.9. The minimum Gasteiger partial charge on any atom is -0.379 e. The number of halogens is 1. The van der Waals surface area contributed by atoms with Crippen molar-refractivity contribution in [1.82, 2.24) is 25.1 Å². The van der Waals surface area contributed by atoms with Crippen molar-refractivity contribution in [2.45, 2.75) is 18.9 Å². The normalized spacial score (nSPS) is 21.0. The zero-order valence-corrected chi connectivity index (χ0v) is 15.2. The quantitative estimate of drug-likeness (QED) is 0.810. The van der Waals surface area contributed by atoms with Gasteiger partial charge in [0.1, 0.15) is 0 Å². The maximum absolute atomic E-state index is 12.8. The molecular formula is C17H21ClN6O2. The summed E-state index contributed by atoms with van der Waals surface area (Å²) in [6, 6.07) is 7.28. The zero-order valence-electron chi connectivity index (χ0n) is 14.4. The van der Waals surface area contributed by atoms with Gasteiger partial charge < -0.3 is 14.5 Å². The van der Waals surface area contributed by atoms with E-state index in [-0.39, 0.29) is 11.9 Å². The summed E-state index contributed by atoms with van der Waals surface area (Å²) in [5.41, 5.74) is 0.624. The molecule has 2 aliphatic heterocycles. The highest BCUT2D eigenvalue weighted by Crippen LogP contribution is 2.23. The molecule has 0 bridgehead atoms. The van der Waals surface area contributed by atoms with E-state index in [0.29, 0.717) is 36.8 Å². The maximum Gasteiger partial charge on any atom is 0.253 e. The van der Waals surface area contributed by atoms with Gasteiger partial charge in [0.15, 0.2) is 0 Å². The number of carbonyl (C=O) groups is 1. The number of carbonyl (C=O) groups excluding carboxylic acids is 1. The summed E-state index contributed by atoms with van der Waals surface area (Å²) in [5, 5.41) is 12.8. The Morgan fingerprint density at radius 1 is 1.23 bits per heavy atom. The van der Waals surface area contributed by atoms with Crippen LogP contribution in [0.1, 0.15) is 29.2 Å². The van der Waals surface area contributed by atoms with Crippen LogP contribution in [-0.2, 0) is 4.74 Å². The van der Waals surface area contributed by atoms with E-state index in [1.165, 1.54) is 0 Å². The Morgan fingerprint density at radius 3 is 2.96 bits per heavy atom. The molecule has 2 fully saturated rings. The summed E-state index contributed by atoms with van der Waals surface area (Å²) in [4.78, 5) is 16.8. The largest absolute Gasteiger partial charge is 0.379 e. The third-order valence-electron chi connectivity index (χ3n) is 4.86. The standard InChI is InChI=1S/C17H21ClN6O2/c18-14-4-1-3-13(11-14)16(25)22-6-2-7-23(9-8-22)17-19-20-21-24(17)15-5-10-26-12-15/h1,3-4,11,15H,2,5-10,12H2. The van der Waals surface area contributed by atoms with Gasteiger partial charge >= 0.3 is 0 Å². The van der Waals surface area contributed by atoms with Gasteiger partial charge in [0.2, 0.25) is 5.95 Å². The monoisotopic (exact) mass is 376 g/mol. The van der Waals surface area contributed by atoms with Crippen molar-refractivity contribution in [3.05, 3.63) is 34.9 Å². The van der Waals surface area contributed by atoms with Gasteiger partial charge in [-0.3, -0.25) is 4.79 Å². The fourth-order valence-corrected chi connectivity index (χ4v) is 3.66.